The van der Waals surface area contributed by atoms with Gasteiger partial charge in [-0.1, -0.05) is 11.6 Å². The molecule has 0 bridgehead atoms. The van der Waals surface area contributed by atoms with E-state index in [0.717, 1.165) is 6.20 Å². The molecule has 0 saturated carbocycles. The Morgan fingerprint density at radius 2 is 2.00 bits per heavy atom. The van der Waals surface area contributed by atoms with Crippen molar-refractivity contribution in [2.45, 2.75) is 0 Å². The van der Waals surface area contributed by atoms with Crippen molar-refractivity contribution in [3.63, 3.8) is 0 Å². The Balaban J connectivity index is 2.49. The summed E-state index contributed by atoms with van der Waals surface area (Å²) in [6.45, 7) is 0. The second-order valence-electron chi connectivity index (χ2n) is 2.97. The van der Waals surface area contributed by atoms with Crippen LogP contribution in [0.2, 0.25) is 5.15 Å². The normalized spacial score (nSPS) is 10.4. The zero-order valence-electron chi connectivity index (χ0n) is 7.80. The van der Waals surface area contributed by atoms with Crippen molar-refractivity contribution in [1.82, 2.24) is 9.78 Å². The Kier molecular flexibility index (Phi) is 2.57. The lowest BCUT2D eigenvalue weighted by molar-refractivity contribution is -0.384. The maximum atomic E-state index is 12.7. The quantitative estimate of drug-likeness (QED) is 0.600. The van der Waals surface area contributed by atoms with E-state index in [0.29, 0.717) is 5.69 Å². The number of nitro groups is 1. The van der Waals surface area contributed by atoms with E-state index in [9.17, 15) is 14.5 Å². The monoisotopic (exact) mass is 241 g/mol. The Hall–Kier alpha value is -1.95. The maximum absolute atomic E-state index is 12.7. The Morgan fingerprint density at radius 1 is 1.38 bits per heavy atom. The molecule has 0 unspecified atom stereocenters. The van der Waals surface area contributed by atoms with E-state index < -0.39 is 10.7 Å². The highest BCUT2D eigenvalue weighted by Gasteiger charge is 2.19. The van der Waals surface area contributed by atoms with Gasteiger partial charge < -0.3 is 0 Å². The number of aromatic nitrogens is 2. The smallest absolute Gasteiger partial charge is 0.258 e. The predicted molar refractivity (Wildman–Crippen MR) is 55.2 cm³/mol. The van der Waals surface area contributed by atoms with Crippen LogP contribution in [0, 0.1) is 15.9 Å². The molecule has 0 aliphatic heterocycles. The topological polar surface area (TPSA) is 61.0 Å². The highest BCUT2D eigenvalue weighted by atomic mass is 35.5. The SMILES string of the molecule is O=[N+]([O-])c1cnn(-c2ccc(F)cc2)c1Cl. The fraction of sp³-hybridized carbons (Fsp3) is 0. The third kappa shape index (κ3) is 1.74. The van der Waals surface area contributed by atoms with Crippen LogP contribution in [-0.2, 0) is 0 Å². The molecule has 0 N–H and O–H groups in total. The molecular formula is C9H5ClFN3O2. The minimum atomic E-state index is -0.630. The summed E-state index contributed by atoms with van der Waals surface area (Å²) in [6, 6.07) is 5.30. The molecule has 0 amide bonds. The number of nitrogens with zero attached hydrogens (tertiary/aromatic N) is 3. The molecule has 7 heteroatoms. The number of halogens is 2. The summed E-state index contributed by atoms with van der Waals surface area (Å²) < 4.78 is 13.8. The largest absolute Gasteiger partial charge is 0.326 e. The molecule has 82 valence electrons. The standard InChI is InChI=1S/C9H5ClFN3O2/c10-9-8(14(15)16)5-12-13(9)7-3-1-6(11)2-4-7/h1-5H. The van der Waals surface area contributed by atoms with E-state index in [4.69, 9.17) is 11.6 Å². The minimum absolute atomic E-state index is 0.114. The van der Waals surface area contributed by atoms with E-state index in [1.165, 1.54) is 28.9 Å². The molecule has 2 rings (SSSR count). The first-order valence-electron chi connectivity index (χ1n) is 4.23. The highest BCUT2D eigenvalue weighted by Crippen LogP contribution is 2.26. The average molecular weight is 242 g/mol. The van der Waals surface area contributed by atoms with Crippen LogP contribution < -0.4 is 0 Å². The lowest BCUT2D eigenvalue weighted by atomic mass is 10.3. The van der Waals surface area contributed by atoms with Gasteiger partial charge in [0.2, 0.25) is 5.15 Å². The van der Waals surface area contributed by atoms with Crippen molar-refractivity contribution < 1.29 is 9.31 Å². The van der Waals surface area contributed by atoms with Crippen molar-refractivity contribution >= 4 is 17.3 Å². The second-order valence-corrected chi connectivity index (χ2v) is 3.32. The van der Waals surface area contributed by atoms with Gasteiger partial charge in [-0.3, -0.25) is 10.1 Å². The van der Waals surface area contributed by atoms with Gasteiger partial charge in [-0.05, 0) is 24.3 Å². The molecule has 0 fully saturated rings. The average Bonchev–Trinajstić information content (AvgIpc) is 2.61. The summed E-state index contributed by atoms with van der Waals surface area (Å²) in [6.07, 6.45) is 1.05. The zero-order valence-corrected chi connectivity index (χ0v) is 8.56. The molecule has 1 aromatic carbocycles. The lowest BCUT2D eigenvalue weighted by Gasteiger charge is -2.01. The van der Waals surface area contributed by atoms with Gasteiger partial charge in [0.1, 0.15) is 12.0 Å². The van der Waals surface area contributed by atoms with Gasteiger partial charge in [-0.15, -0.1) is 0 Å². The predicted octanol–water partition coefficient (Wildman–Crippen LogP) is 2.57. The highest BCUT2D eigenvalue weighted by molar-refractivity contribution is 6.31. The molecule has 16 heavy (non-hydrogen) atoms. The van der Waals surface area contributed by atoms with Gasteiger partial charge in [0, 0.05) is 0 Å². The summed E-state index contributed by atoms with van der Waals surface area (Å²) in [5.41, 5.74) is 0.172. The molecule has 2 aromatic rings. The van der Waals surface area contributed by atoms with Crippen LogP contribution in [0.4, 0.5) is 10.1 Å². The molecule has 5 nitrogen and oxygen atoms in total. The van der Waals surface area contributed by atoms with Crippen LogP contribution in [0.1, 0.15) is 0 Å². The number of benzene rings is 1. The fourth-order valence-electron chi connectivity index (χ4n) is 1.21. The molecular weight excluding hydrogens is 237 g/mol. The summed E-state index contributed by atoms with van der Waals surface area (Å²) >= 11 is 5.76. The summed E-state index contributed by atoms with van der Waals surface area (Å²) in [5.74, 6) is -0.401. The molecule has 0 spiro atoms. The first-order chi connectivity index (χ1) is 7.59. The number of rotatable bonds is 2. The van der Waals surface area contributed by atoms with Crippen molar-refractivity contribution in [1.29, 1.82) is 0 Å². The zero-order chi connectivity index (χ0) is 11.7. The van der Waals surface area contributed by atoms with Crippen molar-refractivity contribution in [2.24, 2.45) is 0 Å². The third-order valence-electron chi connectivity index (χ3n) is 1.96. The van der Waals surface area contributed by atoms with Crippen LogP contribution >= 0.6 is 11.6 Å². The van der Waals surface area contributed by atoms with Crippen LogP contribution in [-0.4, -0.2) is 14.7 Å². The van der Waals surface area contributed by atoms with Crippen LogP contribution in [0.25, 0.3) is 5.69 Å². The van der Waals surface area contributed by atoms with Gasteiger partial charge in [0.25, 0.3) is 0 Å². The molecule has 0 aliphatic carbocycles. The van der Waals surface area contributed by atoms with Gasteiger partial charge >= 0.3 is 5.69 Å². The van der Waals surface area contributed by atoms with E-state index in [1.54, 1.807) is 0 Å². The third-order valence-corrected chi connectivity index (χ3v) is 2.31. The van der Waals surface area contributed by atoms with Gasteiger partial charge in [0.05, 0.1) is 10.6 Å². The van der Waals surface area contributed by atoms with E-state index in [-0.39, 0.29) is 10.8 Å². The van der Waals surface area contributed by atoms with Gasteiger partial charge in [0.15, 0.2) is 0 Å². The molecule has 0 atom stereocenters. The summed E-state index contributed by atoms with van der Waals surface area (Å²) in [7, 11) is 0. The van der Waals surface area contributed by atoms with Crippen molar-refractivity contribution in [2.75, 3.05) is 0 Å². The number of hydrogen-bond acceptors (Lipinski definition) is 3. The van der Waals surface area contributed by atoms with Crippen molar-refractivity contribution in [3.8, 4) is 5.69 Å². The molecule has 1 heterocycles. The maximum Gasteiger partial charge on any atom is 0.326 e. The fourth-order valence-corrected chi connectivity index (χ4v) is 1.47. The lowest BCUT2D eigenvalue weighted by Crippen LogP contribution is -1.96. The first kappa shape index (κ1) is 10.6. The van der Waals surface area contributed by atoms with Crippen molar-refractivity contribution in [3.05, 3.63) is 51.5 Å². The Morgan fingerprint density at radius 3 is 2.50 bits per heavy atom. The molecule has 1 aromatic heterocycles. The Labute approximate surface area is 94.2 Å². The number of hydrogen-bond donors (Lipinski definition) is 0. The van der Waals surface area contributed by atoms with Crippen LogP contribution in [0.5, 0.6) is 0 Å². The van der Waals surface area contributed by atoms with Crippen LogP contribution in [0.3, 0.4) is 0 Å². The van der Waals surface area contributed by atoms with Crippen LogP contribution in [0.15, 0.2) is 30.5 Å². The summed E-state index contributed by atoms with van der Waals surface area (Å²) in [5, 5.41) is 14.2. The molecule has 0 saturated heterocycles. The van der Waals surface area contributed by atoms with Gasteiger partial charge in [-0.25, -0.2) is 9.07 Å². The minimum Gasteiger partial charge on any atom is -0.258 e. The summed E-state index contributed by atoms with van der Waals surface area (Å²) in [4.78, 5) is 9.90. The first-order valence-corrected chi connectivity index (χ1v) is 4.61. The second kappa shape index (κ2) is 3.90. The van der Waals surface area contributed by atoms with E-state index in [2.05, 4.69) is 5.10 Å². The van der Waals surface area contributed by atoms with E-state index >= 15 is 0 Å². The molecule has 0 radical (unpaired) electrons. The molecule has 0 aliphatic rings. The Bertz CT molecular complexity index is 538. The van der Waals surface area contributed by atoms with Gasteiger partial charge in [-0.2, -0.15) is 5.10 Å². The van der Waals surface area contributed by atoms with E-state index in [1.807, 2.05) is 0 Å².